The van der Waals surface area contributed by atoms with Gasteiger partial charge in [-0.1, -0.05) is 6.42 Å². The summed E-state index contributed by atoms with van der Waals surface area (Å²) in [7, 11) is -3.39. The molecule has 1 amide bonds. The molecule has 0 radical (unpaired) electrons. The molecule has 1 aliphatic carbocycles. The number of amides is 1. The van der Waals surface area contributed by atoms with Gasteiger partial charge in [-0.2, -0.15) is 0 Å². The Labute approximate surface area is 123 Å². The van der Waals surface area contributed by atoms with Crippen LogP contribution >= 0.6 is 11.3 Å². The Balaban J connectivity index is 1.81. The first-order chi connectivity index (χ1) is 9.45. The molecule has 1 fully saturated rings. The lowest BCUT2D eigenvalue weighted by Gasteiger charge is -2.25. The highest BCUT2D eigenvalue weighted by Crippen LogP contribution is 2.32. The van der Waals surface area contributed by atoms with Crippen molar-refractivity contribution in [3.8, 4) is 0 Å². The van der Waals surface area contributed by atoms with Gasteiger partial charge in [0.1, 0.15) is 4.21 Å². The van der Waals surface area contributed by atoms with Crippen molar-refractivity contribution in [2.45, 2.75) is 49.4 Å². The topological polar surface area (TPSA) is 66.5 Å². The van der Waals surface area contributed by atoms with Gasteiger partial charge in [0.2, 0.25) is 15.9 Å². The summed E-state index contributed by atoms with van der Waals surface area (Å²) in [4.78, 5) is 14.3. The van der Waals surface area contributed by atoms with Crippen molar-refractivity contribution >= 4 is 27.3 Å². The summed E-state index contributed by atoms with van der Waals surface area (Å²) in [6.45, 7) is 2.76. The minimum atomic E-state index is -3.39. The maximum atomic E-state index is 12.3. The maximum Gasteiger partial charge on any atom is 0.250 e. The molecule has 1 aliphatic heterocycles. The van der Waals surface area contributed by atoms with Gasteiger partial charge in [0.05, 0.1) is 0 Å². The lowest BCUT2D eigenvalue weighted by Crippen LogP contribution is -2.39. The van der Waals surface area contributed by atoms with Crippen molar-refractivity contribution in [3.63, 3.8) is 0 Å². The van der Waals surface area contributed by atoms with Gasteiger partial charge in [-0.05, 0) is 30.9 Å². The molecule has 3 rings (SSSR count). The number of nitrogens with zero attached hydrogens (tertiary/aromatic N) is 1. The van der Waals surface area contributed by atoms with Crippen molar-refractivity contribution in [1.82, 2.24) is 9.62 Å². The van der Waals surface area contributed by atoms with E-state index in [2.05, 4.69) is 4.72 Å². The van der Waals surface area contributed by atoms with E-state index in [-0.39, 0.29) is 11.9 Å². The Morgan fingerprint density at radius 3 is 2.80 bits per heavy atom. The minimum absolute atomic E-state index is 0.0406. The van der Waals surface area contributed by atoms with Gasteiger partial charge in [-0.3, -0.25) is 4.79 Å². The first-order valence-electron chi connectivity index (χ1n) is 6.85. The van der Waals surface area contributed by atoms with E-state index in [1.165, 1.54) is 11.3 Å². The van der Waals surface area contributed by atoms with Crippen LogP contribution in [0, 0.1) is 0 Å². The normalized spacial score (nSPS) is 19.6. The number of thiophene rings is 1. The van der Waals surface area contributed by atoms with Crippen LogP contribution in [-0.2, 0) is 27.8 Å². The van der Waals surface area contributed by atoms with Crippen LogP contribution in [0.3, 0.4) is 0 Å². The monoisotopic (exact) mass is 314 g/mol. The number of carbonyl (C=O) groups is 1. The fourth-order valence-corrected chi connectivity index (χ4v) is 5.38. The lowest BCUT2D eigenvalue weighted by atomic mass is 9.94. The van der Waals surface area contributed by atoms with E-state index in [0.717, 1.165) is 36.1 Å². The van der Waals surface area contributed by atoms with E-state index >= 15 is 0 Å². The number of sulfonamides is 1. The van der Waals surface area contributed by atoms with Gasteiger partial charge in [0, 0.05) is 30.9 Å². The van der Waals surface area contributed by atoms with Crippen molar-refractivity contribution in [2.24, 2.45) is 0 Å². The van der Waals surface area contributed by atoms with Crippen LogP contribution in [0.25, 0.3) is 0 Å². The Morgan fingerprint density at radius 1 is 1.45 bits per heavy atom. The maximum absolute atomic E-state index is 12.3. The number of rotatable bonds is 3. The van der Waals surface area contributed by atoms with Crippen LogP contribution < -0.4 is 4.72 Å². The molecule has 1 aromatic heterocycles. The van der Waals surface area contributed by atoms with Gasteiger partial charge in [-0.15, -0.1) is 11.3 Å². The molecular weight excluding hydrogens is 296 g/mol. The van der Waals surface area contributed by atoms with Crippen LogP contribution in [0.5, 0.6) is 0 Å². The van der Waals surface area contributed by atoms with Crippen molar-refractivity contribution in [3.05, 3.63) is 16.5 Å². The second-order valence-corrected chi connectivity index (χ2v) is 8.53. The molecule has 110 valence electrons. The molecule has 0 aromatic carbocycles. The van der Waals surface area contributed by atoms with E-state index < -0.39 is 10.0 Å². The molecule has 7 heteroatoms. The Bertz CT molecular complexity index is 632. The summed E-state index contributed by atoms with van der Waals surface area (Å²) in [5, 5.41) is 0. The van der Waals surface area contributed by atoms with E-state index in [9.17, 15) is 13.2 Å². The summed E-state index contributed by atoms with van der Waals surface area (Å²) < 4.78 is 27.7. The van der Waals surface area contributed by atoms with Crippen molar-refractivity contribution in [1.29, 1.82) is 0 Å². The average molecular weight is 314 g/mol. The molecule has 20 heavy (non-hydrogen) atoms. The molecule has 2 aliphatic rings. The van der Waals surface area contributed by atoms with Gasteiger partial charge in [0.15, 0.2) is 0 Å². The van der Waals surface area contributed by atoms with Crippen LogP contribution in [0.1, 0.15) is 36.6 Å². The van der Waals surface area contributed by atoms with Crippen LogP contribution in [-0.4, -0.2) is 31.8 Å². The zero-order valence-corrected chi connectivity index (χ0v) is 13.0. The molecule has 0 bridgehead atoms. The molecule has 5 nitrogen and oxygen atoms in total. The predicted octanol–water partition coefficient (Wildman–Crippen LogP) is 1.48. The van der Waals surface area contributed by atoms with Crippen LogP contribution in [0.15, 0.2) is 10.3 Å². The highest BCUT2D eigenvalue weighted by Gasteiger charge is 2.28. The summed E-state index contributed by atoms with van der Waals surface area (Å²) >= 11 is 1.34. The third-order valence-electron chi connectivity index (χ3n) is 3.98. The number of fused-ring (bicyclic) bond motifs is 1. The summed E-state index contributed by atoms with van der Waals surface area (Å²) in [6, 6.07) is 1.84. The van der Waals surface area contributed by atoms with Crippen LogP contribution in [0.4, 0.5) is 0 Å². The average Bonchev–Trinajstić information content (AvgIpc) is 2.77. The van der Waals surface area contributed by atoms with Gasteiger partial charge in [0.25, 0.3) is 0 Å². The number of carbonyl (C=O) groups excluding carboxylic acids is 1. The van der Waals surface area contributed by atoms with E-state index in [4.69, 9.17) is 0 Å². The van der Waals surface area contributed by atoms with Gasteiger partial charge in [-0.25, -0.2) is 13.1 Å². The molecule has 0 atom stereocenters. The molecule has 1 aromatic rings. The molecule has 0 unspecified atom stereocenters. The van der Waals surface area contributed by atoms with E-state index in [0.29, 0.717) is 17.3 Å². The third-order valence-corrected chi connectivity index (χ3v) is 7.21. The molecule has 1 saturated carbocycles. The smallest absolute Gasteiger partial charge is 0.250 e. The fraction of sp³-hybridized carbons (Fsp3) is 0.615. The Hall–Kier alpha value is -0.920. The van der Waals surface area contributed by atoms with E-state index in [1.807, 2.05) is 0 Å². The zero-order valence-electron chi connectivity index (χ0n) is 11.4. The molecule has 1 N–H and O–H groups in total. The number of nitrogens with one attached hydrogen (secondary N) is 1. The highest BCUT2D eigenvalue weighted by molar-refractivity contribution is 7.91. The molecule has 0 spiro atoms. The fourth-order valence-electron chi connectivity index (χ4n) is 2.51. The summed E-state index contributed by atoms with van der Waals surface area (Å²) in [5.41, 5.74) is 0.977. The second kappa shape index (κ2) is 5.13. The molecule has 0 saturated heterocycles. The van der Waals surface area contributed by atoms with Gasteiger partial charge >= 0.3 is 0 Å². The quantitative estimate of drug-likeness (QED) is 0.919. The zero-order chi connectivity index (χ0) is 14.3. The minimum Gasteiger partial charge on any atom is -0.338 e. The van der Waals surface area contributed by atoms with Crippen molar-refractivity contribution in [2.75, 3.05) is 6.54 Å². The predicted molar refractivity (Wildman–Crippen MR) is 77.1 cm³/mol. The van der Waals surface area contributed by atoms with Gasteiger partial charge < -0.3 is 4.90 Å². The SMILES string of the molecule is CC(=O)N1CCc2sc(S(=O)(=O)NC3CCC3)cc2C1. The molecule has 2 heterocycles. The van der Waals surface area contributed by atoms with Crippen molar-refractivity contribution < 1.29 is 13.2 Å². The Morgan fingerprint density at radius 2 is 2.20 bits per heavy atom. The number of hydrogen-bond acceptors (Lipinski definition) is 4. The first kappa shape index (κ1) is 14.0. The molecular formula is C13H18N2O3S2. The van der Waals surface area contributed by atoms with Crippen LogP contribution in [0.2, 0.25) is 0 Å². The number of hydrogen-bond donors (Lipinski definition) is 1. The summed E-state index contributed by atoms with van der Waals surface area (Å²) in [6.07, 6.45) is 3.71. The third kappa shape index (κ3) is 2.62. The standard InChI is InChI=1S/C13H18N2O3S2/c1-9(16)15-6-5-12-10(8-15)7-13(19-12)20(17,18)14-11-3-2-4-11/h7,11,14H,2-6,8H2,1H3. The largest absolute Gasteiger partial charge is 0.338 e. The highest BCUT2D eigenvalue weighted by atomic mass is 32.2. The second-order valence-electron chi connectivity index (χ2n) is 5.45. The van der Waals surface area contributed by atoms with E-state index in [1.54, 1.807) is 17.9 Å². The lowest BCUT2D eigenvalue weighted by molar-refractivity contribution is -0.129. The first-order valence-corrected chi connectivity index (χ1v) is 9.15. The Kier molecular flexibility index (Phi) is 3.60. The summed E-state index contributed by atoms with van der Waals surface area (Å²) in [5.74, 6) is 0.0406.